The van der Waals surface area contributed by atoms with Crippen molar-refractivity contribution in [3.63, 3.8) is 0 Å². The first-order valence-corrected chi connectivity index (χ1v) is 6.96. The minimum Gasteiger partial charge on any atom is -0.467 e. The second kappa shape index (κ2) is 6.06. The highest BCUT2D eigenvalue weighted by Gasteiger charge is 2.14. The highest BCUT2D eigenvalue weighted by molar-refractivity contribution is 5.67. The summed E-state index contributed by atoms with van der Waals surface area (Å²) < 4.78 is 7.65. The van der Waals surface area contributed by atoms with Gasteiger partial charge >= 0.3 is 0 Å². The predicted molar refractivity (Wildman–Crippen MR) is 76.9 cm³/mol. The molecule has 0 saturated heterocycles. The zero-order chi connectivity index (χ0) is 13.8. The number of nitrogens with zero attached hydrogens (tertiary/aromatic N) is 2. The molecule has 0 spiro atoms. The molecule has 2 rings (SSSR count). The van der Waals surface area contributed by atoms with Gasteiger partial charge in [-0.25, -0.2) is 0 Å². The Hall–Kier alpha value is -1.55. The molecule has 0 aromatic carbocycles. The number of aryl methyl sites for hydroxylation is 1. The molecule has 4 heteroatoms. The molecule has 2 heterocycles. The van der Waals surface area contributed by atoms with Gasteiger partial charge in [-0.2, -0.15) is 5.10 Å². The van der Waals surface area contributed by atoms with Gasteiger partial charge in [-0.1, -0.05) is 20.8 Å². The maximum Gasteiger partial charge on any atom is 0.125 e. The van der Waals surface area contributed by atoms with Crippen molar-refractivity contribution in [2.24, 2.45) is 0 Å². The van der Waals surface area contributed by atoms with Crippen LogP contribution in [0.4, 0.5) is 0 Å². The van der Waals surface area contributed by atoms with Crippen molar-refractivity contribution in [1.29, 1.82) is 0 Å². The molecule has 4 nitrogen and oxygen atoms in total. The lowest BCUT2D eigenvalue weighted by Crippen LogP contribution is -2.21. The molecular weight excluding hydrogens is 238 g/mol. The van der Waals surface area contributed by atoms with E-state index in [1.54, 1.807) is 6.26 Å². The normalized spacial score (nSPS) is 11.4. The molecule has 0 amide bonds. The second-order valence-electron chi connectivity index (χ2n) is 5.16. The molecule has 0 atom stereocenters. The van der Waals surface area contributed by atoms with Crippen LogP contribution >= 0.6 is 0 Å². The minimum atomic E-state index is 0.446. The fourth-order valence-corrected chi connectivity index (χ4v) is 2.16. The Labute approximate surface area is 114 Å². The van der Waals surface area contributed by atoms with Crippen molar-refractivity contribution in [3.8, 4) is 11.1 Å². The lowest BCUT2D eigenvalue weighted by atomic mass is 10.1. The Morgan fingerprint density at radius 2 is 2.16 bits per heavy atom. The zero-order valence-corrected chi connectivity index (χ0v) is 12.2. The summed E-state index contributed by atoms with van der Waals surface area (Å²) in [5.41, 5.74) is 3.52. The Balaban J connectivity index is 2.24. The van der Waals surface area contributed by atoms with Gasteiger partial charge in [0.1, 0.15) is 5.76 Å². The Morgan fingerprint density at radius 1 is 1.37 bits per heavy atom. The summed E-state index contributed by atoms with van der Waals surface area (Å²) in [7, 11) is 0. The van der Waals surface area contributed by atoms with Gasteiger partial charge in [-0.3, -0.25) is 4.68 Å². The molecule has 2 aromatic rings. The monoisotopic (exact) mass is 261 g/mol. The summed E-state index contributed by atoms with van der Waals surface area (Å²) >= 11 is 0. The van der Waals surface area contributed by atoms with Crippen LogP contribution in [0.25, 0.3) is 11.1 Å². The van der Waals surface area contributed by atoms with Gasteiger partial charge in [0.2, 0.25) is 0 Å². The first-order chi connectivity index (χ1) is 9.13. The third-order valence-electron chi connectivity index (χ3n) is 3.25. The van der Waals surface area contributed by atoms with Crippen LogP contribution in [0.1, 0.15) is 38.6 Å². The molecule has 0 radical (unpaired) electrons. The van der Waals surface area contributed by atoms with Crippen LogP contribution in [0.15, 0.2) is 22.9 Å². The lowest BCUT2D eigenvalue weighted by Gasteiger charge is -2.08. The summed E-state index contributed by atoms with van der Waals surface area (Å²) in [4.78, 5) is 0. The molecule has 2 aromatic heterocycles. The molecule has 0 bridgehead atoms. The molecule has 0 aliphatic carbocycles. The van der Waals surface area contributed by atoms with Gasteiger partial charge in [-0.15, -0.1) is 0 Å². The maximum atomic E-state index is 5.59. The molecular formula is C15H23N3O. The van der Waals surface area contributed by atoms with Gasteiger partial charge in [0.05, 0.1) is 19.0 Å². The molecule has 104 valence electrons. The van der Waals surface area contributed by atoms with E-state index in [0.717, 1.165) is 30.8 Å². The molecule has 0 aliphatic rings. The largest absolute Gasteiger partial charge is 0.467 e. The number of hydrogen-bond donors (Lipinski definition) is 1. The van der Waals surface area contributed by atoms with Gasteiger partial charge in [0.15, 0.2) is 0 Å². The van der Waals surface area contributed by atoms with E-state index >= 15 is 0 Å². The summed E-state index contributed by atoms with van der Waals surface area (Å²) in [6.07, 6.45) is 4.78. The number of hydrogen-bond acceptors (Lipinski definition) is 3. The first-order valence-electron chi connectivity index (χ1n) is 6.96. The molecule has 1 N–H and O–H groups in total. The highest BCUT2D eigenvalue weighted by Crippen LogP contribution is 2.27. The van der Waals surface area contributed by atoms with E-state index in [9.17, 15) is 0 Å². The average Bonchev–Trinajstić information content (AvgIpc) is 2.95. The molecule has 0 fully saturated rings. The molecule has 19 heavy (non-hydrogen) atoms. The van der Waals surface area contributed by atoms with Crippen molar-refractivity contribution in [2.75, 3.05) is 0 Å². The summed E-state index contributed by atoms with van der Waals surface area (Å²) in [6.45, 7) is 10.3. The van der Waals surface area contributed by atoms with Crippen LogP contribution < -0.4 is 5.32 Å². The quantitative estimate of drug-likeness (QED) is 0.867. The SMILES string of the molecule is CCCn1ncc(-c2ccoc2CNC(C)C)c1C. The zero-order valence-electron chi connectivity index (χ0n) is 12.2. The van der Waals surface area contributed by atoms with E-state index in [2.05, 4.69) is 42.8 Å². The summed E-state index contributed by atoms with van der Waals surface area (Å²) in [5, 5.41) is 7.84. The molecule has 0 aliphatic heterocycles. The summed E-state index contributed by atoms with van der Waals surface area (Å²) in [5.74, 6) is 0.979. The van der Waals surface area contributed by atoms with Gasteiger partial charge in [0, 0.05) is 29.4 Å². The molecule has 0 saturated carbocycles. The van der Waals surface area contributed by atoms with E-state index in [-0.39, 0.29) is 0 Å². The third-order valence-corrected chi connectivity index (χ3v) is 3.25. The van der Waals surface area contributed by atoms with Crippen molar-refractivity contribution < 1.29 is 4.42 Å². The number of nitrogens with one attached hydrogen (secondary N) is 1. The smallest absolute Gasteiger partial charge is 0.125 e. The van der Waals surface area contributed by atoms with Crippen molar-refractivity contribution in [2.45, 2.75) is 53.2 Å². The predicted octanol–water partition coefficient (Wildman–Crippen LogP) is 3.36. The maximum absolute atomic E-state index is 5.59. The van der Waals surface area contributed by atoms with E-state index < -0.39 is 0 Å². The van der Waals surface area contributed by atoms with E-state index in [1.807, 2.05) is 12.3 Å². The van der Waals surface area contributed by atoms with Gasteiger partial charge < -0.3 is 9.73 Å². The highest BCUT2D eigenvalue weighted by atomic mass is 16.3. The van der Waals surface area contributed by atoms with Crippen LogP contribution in [0.2, 0.25) is 0 Å². The van der Waals surface area contributed by atoms with Crippen molar-refractivity contribution in [3.05, 3.63) is 30.0 Å². The van der Waals surface area contributed by atoms with Crippen LogP contribution in [0.3, 0.4) is 0 Å². The van der Waals surface area contributed by atoms with E-state index in [1.165, 1.54) is 11.3 Å². The minimum absolute atomic E-state index is 0.446. The van der Waals surface area contributed by atoms with Crippen molar-refractivity contribution in [1.82, 2.24) is 15.1 Å². The van der Waals surface area contributed by atoms with E-state index in [0.29, 0.717) is 6.04 Å². The van der Waals surface area contributed by atoms with Gasteiger partial charge in [-0.05, 0) is 19.4 Å². The second-order valence-corrected chi connectivity index (χ2v) is 5.16. The Morgan fingerprint density at radius 3 is 2.84 bits per heavy atom. The Kier molecular flexibility index (Phi) is 4.43. The van der Waals surface area contributed by atoms with Crippen LogP contribution in [0, 0.1) is 6.92 Å². The van der Waals surface area contributed by atoms with Crippen molar-refractivity contribution >= 4 is 0 Å². The fourth-order valence-electron chi connectivity index (χ4n) is 2.16. The lowest BCUT2D eigenvalue weighted by molar-refractivity contribution is 0.466. The standard InChI is InChI=1S/C15H23N3O/c1-5-7-18-12(4)14(9-17-18)13-6-8-19-15(13)10-16-11(2)3/h6,8-9,11,16H,5,7,10H2,1-4H3. The fraction of sp³-hybridized carbons (Fsp3) is 0.533. The average molecular weight is 261 g/mol. The third kappa shape index (κ3) is 3.07. The van der Waals surface area contributed by atoms with Gasteiger partial charge in [0.25, 0.3) is 0 Å². The number of aromatic nitrogens is 2. The van der Waals surface area contributed by atoms with E-state index in [4.69, 9.17) is 4.42 Å². The number of furan rings is 1. The first kappa shape index (κ1) is 13.9. The van der Waals surface area contributed by atoms with Crippen LogP contribution in [-0.2, 0) is 13.1 Å². The summed E-state index contributed by atoms with van der Waals surface area (Å²) in [6, 6.07) is 2.47. The Bertz CT molecular complexity index is 525. The van der Waals surface area contributed by atoms with Crippen LogP contribution in [-0.4, -0.2) is 15.8 Å². The molecule has 0 unspecified atom stereocenters. The van der Waals surface area contributed by atoms with Crippen LogP contribution in [0.5, 0.6) is 0 Å². The number of rotatable bonds is 6. The topological polar surface area (TPSA) is 43.0 Å².